The van der Waals surface area contributed by atoms with E-state index in [1.54, 1.807) is 6.07 Å². The van der Waals surface area contributed by atoms with Gasteiger partial charge < -0.3 is 10.4 Å². The first-order chi connectivity index (χ1) is 11.0. The minimum atomic E-state index is -0.665. The zero-order valence-electron chi connectivity index (χ0n) is 12.7. The summed E-state index contributed by atoms with van der Waals surface area (Å²) >= 11 is 0. The standard InChI is InChI=1S/C16H18F2N4O/c1-22-9-11(23)7-10(22)8-19-15-6-5-14(20-21-15)16-12(17)3-2-4-13(16)18/h2-6,10-11,23H,7-9H2,1H3,(H,19,21). The fourth-order valence-electron chi connectivity index (χ4n) is 2.81. The number of benzene rings is 1. The maximum Gasteiger partial charge on any atom is 0.148 e. The van der Waals surface area contributed by atoms with Crippen molar-refractivity contribution in [2.45, 2.75) is 18.6 Å². The van der Waals surface area contributed by atoms with E-state index in [1.807, 2.05) is 7.05 Å². The van der Waals surface area contributed by atoms with E-state index in [1.165, 1.54) is 24.3 Å². The number of nitrogens with zero attached hydrogens (tertiary/aromatic N) is 3. The quantitative estimate of drug-likeness (QED) is 0.901. The van der Waals surface area contributed by atoms with Crippen LogP contribution in [0.5, 0.6) is 0 Å². The first-order valence-corrected chi connectivity index (χ1v) is 7.45. The van der Waals surface area contributed by atoms with Crippen LogP contribution < -0.4 is 5.32 Å². The molecule has 0 radical (unpaired) electrons. The fourth-order valence-corrected chi connectivity index (χ4v) is 2.81. The third-order valence-electron chi connectivity index (χ3n) is 4.07. The molecule has 0 saturated carbocycles. The normalized spacial score (nSPS) is 21.6. The second-order valence-electron chi connectivity index (χ2n) is 5.76. The van der Waals surface area contributed by atoms with Crippen LogP contribution in [0.15, 0.2) is 30.3 Å². The van der Waals surface area contributed by atoms with Crippen LogP contribution in [0.3, 0.4) is 0 Å². The molecule has 2 aromatic rings. The molecule has 0 aliphatic carbocycles. The van der Waals surface area contributed by atoms with Gasteiger partial charge in [0.2, 0.25) is 0 Å². The summed E-state index contributed by atoms with van der Waals surface area (Å²) in [6.45, 7) is 1.28. The number of nitrogens with one attached hydrogen (secondary N) is 1. The Kier molecular flexibility index (Phi) is 4.49. The van der Waals surface area contributed by atoms with Crippen LogP contribution in [0, 0.1) is 11.6 Å². The largest absolute Gasteiger partial charge is 0.392 e. The van der Waals surface area contributed by atoms with Gasteiger partial charge in [0.1, 0.15) is 17.5 Å². The van der Waals surface area contributed by atoms with E-state index in [2.05, 4.69) is 20.4 Å². The molecule has 7 heteroatoms. The Morgan fingerprint density at radius 3 is 2.52 bits per heavy atom. The topological polar surface area (TPSA) is 61.3 Å². The molecule has 2 heterocycles. The highest BCUT2D eigenvalue weighted by molar-refractivity contribution is 5.61. The number of likely N-dealkylation sites (tertiary alicyclic amines) is 1. The van der Waals surface area contributed by atoms with E-state index in [4.69, 9.17) is 0 Å². The molecule has 1 saturated heterocycles. The van der Waals surface area contributed by atoms with Crippen LogP contribution in [-0.4, -0.2) is 52.5 Å². The Labute approximate surface area is 133 Å². The first kappa shape index (κ1) is 15.8. The number of anilines is 1. The summed E-state index contributed by atoms with van der Waals surface area (Å²) in [6, 6.07) is 7.07. The summed E-state index contributed by atoms with van der Waals surface area (Å²) in [6.07, 6.45) is 0.402. The second-order valence-corrected chi connectivity index (χ2v) is 5.76. The molecule has 3 rings (SSSR count). The SMILES string of the molecule is CN1CC(O)CC1CNc1ccc(-c2c(F)cccc2F)nn1. The molecule has 2 unspecified atom stereocenters. The van der Waals surface area contributed by atoms with Gasteiger partial charge in [-0.25, -0.2) is 8.78 Å². The van der Waals surface area contributed by atoms with Gasteiger partial charge in [0, 0.05) is 19.1 Å². The van der Waals surface area contributed by atoms with E-state index in [0.29, 0.717) is 25.3 Å². The highest BCUT2D eigenvalue weighted by Gasteiger charge is 2.27. The number of aliphatic hydroxyl groups is 1. The number of β-amino-alcohol motifs (C(OH)–C–C–N with tert-alkyl or cyclic N) is 1. The van der Waals surface area contributed by atoms with Crippen molar-refractivity contribution in [1.29, 1.82) is 0 Å². The van der Waals surface area contributed by atoms with Gasteiger partial charge in [0.05, 0.1) is 17.4 Å². The summed E-state index contributed by atoms with van der Waals surface area (Å²) in [5.41, 5.74) is -0.0234. The molecular weight excluding hydrogens is 302 g/mol. The predicted molar refractivity (Wildman–Crippen MR) is 82.9 cm³/mol. The van der Waals surface area contributed by atoms with Gasteiger partial charge in [-0.2, -0.15) is 0 Å². The van der Waals surface area contributed by atoms with Crippen molar-refractivity contribution in [1.82, 2.24) is 15.1 Å². The average Bonchev–Trinajstić information content (AvgIpc) is 2.84. The Bertz CT molecular complexity index is 660. The predicted octanol–water partition coefficient (Wildman–Crippen LogP) is 1.90. The molecule has 2 N–H and O–H groups in total. The zero-order chi connectivity index (χ0) is 16.4. The molecule has 0 spiro atoms. The Hall–Kier alpha value is -2.12. The van der Waals surface area contributed by atoms with Crippen molar-refractivity contribution < 1.29 is 13.9 Å². The summed E-state index contributed by atoms with van der Waals surface area (Å²) in [5.74, 6) is -0.802. The van der Waals surface area contributed by atoms with Crippen molar-refractivity contribution in [3.63, 3.8) is 0 Å². The van der Waals surface area contributed by atoms with E-state index in [9.17, 15) is 13.9 Å². The summed E-state index contributed by atoms with van der Waals surface area (Å²) in [4.78, 5) is 2.08. The molecule has 1 aliphatic rings. The molecule has 2 atom stereocenters. The number of rotatable bonds is 4. The highest BCUT2D eigenvalue weighted by atomic mass is 19.1. The van der Waals surface area contributed by atoms with Gasteiger partial charge in [0.15, 0.2) is 0 Å². The van der Waals surface area contributed by atoms with Crippen molar-refractivity contribution >= 4 is 5.82 Å². The lowest BCUT2D eigenvalue weighted by Crippen LogP contribution is -2.31. The summed E-state index contributed by atoms with van der Waals surface area (Å²) in [7, 11) is 1.96. The lowest BCUT2D eigenvalue weighted by molar-refractivity contribution is 0.182. The summed E-state index contributed by atoms with van der Waals surface area (Å²) < 4.78 is 27.4. The van der Waals surface area contributed by atoms with Crippen LogP contribution in [0.25, 0.3) is 11.3 Å². The number of aromatic nitrogens is 2. The lowest BCUT2D eigenvalue weighted by Gasteiger charge is -2.19. The number of aliphatic hydroxyl groups excluding tert-OH is 1. The molecule has 5 nitrogen and oxygen atoms in total. The Morgan fingerprint density at radius 2 is 1.96 bits per heavy atom. The van der Waals surface area contributed by atoms with Gasteiger partial charge in [-0.3, -0.25) is 4.90 Å². The van der Waals surface area contributed by atoms with E-state index in [-0.39, 0.29) is 23.4 Å². The van der Waals surface area contributed by atoms with Crippen molar-refractivity contribution in [3.8, 4) is 11.3 Å². The molecular formula is C16H18F2N4O. The molecule has 1 fully saturated rings. The van der Waals surface area contributed by atoms with Crippen LogP contribution in [0.4, 0.5) is 14.6 Å². The second kappa shape index (κ2) is 6.55. The molecule has 122 valence electrons. The maximum atomic E-state index is 13.7. The monoisotopic (exact) mass is 320 g/mol. The van der Waals surface area contributed by atoms with Gasteiger partial charge in [-0.1, -0.05) is 6.07 Å². The fraction of sp³-hybridized carbons (Fsp3) is 0.375. The van der Waals surface area contributed by atoms with Crippen molar-refractivity contribution in [3.05, 3.63) is 42.0 Å². The number of halogens is 2. The van der Waals surface area contributed by atoms with Crippen LogP contribution in [-0.2, 0) is 0 Å². The van der Waals surface area contributed by atoms with E-state index in [0.717, 1.165) is 0 Å². The zero-order valence-corrected chi connectivity index (χ0v) is 12.7. The van der Waals surface area contributed by atoms with Crippen LogP contribution in [0.1, 0.15) is 6.42 Å². The van der Waals surface area contributed by atoms with Crippen molar-refractivity contribution in [2.75, 3.05) is 25.5 Å². The Balaban J connectivity index is 1.68. The molecule has 1 aromatic carbocycles. The van der Waals surface area contributed by atoms with Crippen LogP contribution in [0.2, 0.25) is 0 Å². The molecule has 1 aliphatic heterocycles. The third kappa shape index (κ3) is 3.46. The van der Waals surface area contributed by atoms with Gasteiger partial charge >= 0.3 is 0 Å². The highest BCUT2D eigenvalue weighted by Crippen LogP contribution is 2.24. The Morgan fingerprint density at radius 1 is 1.22 bits per heavy atom. The third-order valence-corrected chi connectivity index (χ3v) is 4.07. The van der Waals surface area contributed by atoms with E-state index >= 15 is 0 Å². The van der Waals surface area contributed by atoms with Gasteiger partial charge in [-0.05, 0) is 37.7 Å². The van der Waals surface area contributed by atoms with Crippen LogP contribution >= 0.6 is 0 Å². The smallest absolute Gasteiger partial charge is 0.148 e. The maximum absolute atomic E-state index is 13.7. The van der Waals surface area contributed by atoms with E-state index < -0.39 is 11.6 Å². The number of hydrogen-bond donors (Lipinski definition) is 2. The number of hydrogen-bond acceptors (Lipinski definition) is 5. The van der Waals surface area contributed by atoms with Gasteiger partial charge in [0.25, 0.3) is 0 Å². The molecule has 0 amide bonds. The number of likely N-dealkylation sites (N-methyl/N-ethyl adjacent to an activating group) is 1. The van der Waals surface area contributed by atoms with Crippen molar-refractivity contribution in [2.24, 2.45) is 0 Å². The summed E-state index contributed by atoms with van der Waals surface area (Å²) in [5, 5.41) is 20.6. The minimum Gasteiger partial charge on any atom is -0.392 e. The first-order valence-electron chi connectivity index (χ1n) is 7.45. The molecule has 23 heavy (non-hydrogen) atoms. The average molecular weight is 320 g/mol. The molecule has 1 aromatic heterocycles. The lowest BCUT2D eigenvalue weighted by atomic mass is 10.1. The van der Waals surface area contributed by atoms with Gasteiger partial charge in [-0.15, -0.1) is 10.2 Å². The minimum absolute atomic E-state index is 0.152. The molecule has 0 bridgehead atoms.